The Morgan fingerprint density at radius 1 is 1.03 bits per heavy atom. The first-order valence-corrected chi connectivity index (χ1v) is 13.3. The van der Waals surface area contributed by atoms with Gasteiger partial charge in [-0.15, -0.1) is 11.8 Å². The van der Waals surface area contributed by atoms with Crippen LogP contribution in [0.2, 0.25) is 0 Å². The molecule has 2 aliphatic rings. The van der Waals surface area contributed by atoms with Crippen LogP contribution in [0, 0.1) is 0 Å². The van der Waals surface area contributed by atoms with Gasteiger partial charge in [0.2, 0.25) is 5.91 Å². The summed E-state index contributed by atoms with van der Waals surface area (Å²) in [5.74, 6) is 0.154. The molecule has 2 heterocycles. The highest BCUT2D eigenvalue weighted by atomic mass is 32.2. The van der Waals surface area contributed by atoms with Crippen LogP contribution < -0.4 is 10.6 Å². The number of thioether (sulfide) groups is 2. The highest BCUT2D eigenvalue weighted by Gasteiger charge is 2.33. The number of nitrogens with one attached hydrogen (secondary N) is 2. The fourth-order valence-electron chi connectivity index (χ4n) is 3.77. The lowest BCUT2D eigenvalue weighted by atomic mass is 10.1. The van der Waals surface area contributed by atoms with E-state index in [9.17, 15) is 14.4 Å². The van der Waals surface area contributed by atoms with Gasteiger partial charge in [-0.3, -0.25) is 14.4 Å². The summed E-state index contributed by atoms with van der Waals surface area (Å²) in [5.41, 5.74) is 1.12. The first kappa shape index (κ1) is 24.3. The minimum Gasteiger partial charge on any atom is -0.351 e. The Morgan fingerprint density at radius 3 is 2.50 bits per heavy atom. The second-order valence-electron chi connectivity index (χ2n) is 8.13. The van der Waals surface area contributed by atoms with Crippen molar-refractivity contribution in [1.29, 1.82) is 0 Å². The number of anilines is 1. The third-order valence-electron chi connectivity index (χ3n) is 5.56. The van der Waals surface area contributed by atoms with Crippen molar-refractivity contribution in [2.24, 2.45) is 4.99 Å². The number of hydrogen-bond acceptors (Lipinski definition) is 6. The molecule has 178 valence electrons. The van der Waals surface area contributed by atoms with E-state index in [-0.39, 0.29) is 24.1 Å². The summed E-state index contributed by atoms with van der Waals surface area (Å²) in [5, 5.41) is 6.00. The first-order chi connectivity index (χ1) is 16.6. The van der Waals surface area contributed by atoms with Crippen LogP contribution in [0.3, 0.4) is 0 Å². The minimum absolute atomic E-state index is 0.0751. The summed E-state index contributed by atoms with van der Waals surface area (Å²) in [7, 11) is 0. The topological polar surface area (TPSA) is 90.9 Å². The predicted octanol–water partition coefficient (Wildman–Crippen LogP) is 4.02. The van der Waals surface area contributed by atoms with Crippen molar-refractivity contribution in [3.05, 3.63) is 60.2 Å². The molecular weight excluding hydrogens is 468 g/mol. The standard InChI is InChI=1S/C25H28N4O3S2/c30-22(17-21-24(32)28-25(34-21)29-14-5-2-6-15-29)27-19-11-9-18(10-12-19)23(31)26-13-16-33-20-7-3-1-4-8-20/h1,3-4,7-12,21H,2,5-6,13-17H2,(H,26,31)(H,27,30). The van der Waals surface area contributed by atoms with E-state index in [1.54, 1.807) is 36.0 Å². The number of amidine groups is 1. The molecule has 2 aromatic rings. The quantitative estimate of drug-likeness (QED) is 0.424. The smallest absolute Gasteiger partial charge is 0.262 e. The number of piperidine rings is 1. The number of amides is 3. The number of carbonyl (C=O) groups excluding carboxylic acids is 3. The zero-order chi connectivity index (χ0) is 23.8. The van der Waals surface area contributed by atoms with E-state index in [0.29, 0.717) is 17.8 Å². The van der Waals surface area contributed by atoms with Gasteiger partial charge in [0, 0.05) is 48.0 Å². The van der Waals surface area contributed by atoms with Gasteiger partial charge in [-0.2, -0.15) is 4.99 Å². The molecule has 2 aliphatic heterocycles. The fourth-order valence-corrected chi connectivity index (χ4v) is 5.67. The Labute approximate surface area is 208 Å². The van der Waals surface area contributed by atoms with Crippen molar-refractivity contribution in [3.8, 4) is 0 Å². The van der Waals surface area contributed by atoms with Gasteiger partial charge >= 0.3 is 0 Å². The van der Waals surface area contributed by atoms with Gasteiger partial charge in [-0.25, -0.2) is 0 Å². The molecule has 0 aromatic heterocycles. The lowest BCUT2D eigenvalue weighted by Gasteiger charge is -2.27. The zero-order valence-electron chi connectivity index (χ0n) is 18.9. The molecule has 0 spiro atoms. The predicted molar refractivity (Wildman–Crippen MR) is 138 cm³/mol. The summed E-state index contributed by atoms with van der Waals surface area (Å²) >= 11 is 3.08. The second kappa shape index (κ2) is 12.1. The number of hydrogen-bond donors (Lipinski definition) is 2. The maximum Gasteiger partial charge on any atom is 0.262 e. The van der Waals surface area contributed by atoms with Crippen LogP contribution in [0.15, 0.2) is 64.5 Å². The van der Waals surface area contributed by atoms with E-state index in [4.69, 9.17) is 0 Å². The van der Waals surface area contributed by atoms with Crippen LogP contribution in [0.5, 0.6) is 0 Å². The summed E-state index contributed by atoms with van der Waals surface area (Å²) < 4.78 is 0. The Balaban J connectivity index is 1.19. The maximum absolute atomic E-state index is 12.5. The molecule has 1 saturated heterocycles. The van der Waals surface area contributed by atoms with Crippen molar-refractivity contribution in [2.45, 2.75) is 35.8 Å². The molecule has 34 heavy (non-hydrogen) atoms. The van der Waals surface area contributed by atoms with Crippen molar-refractivity contribution >= 4 is 52.1 Å². The molecule has 3 amide bonds. The van der Waals surface area contributed by atoms with Gasteiger partial charge in [-0.1, -0.05) is 30.0 Å². The normalized spacial score (nSPS) is 17.9. The molecular formula is C25H28N4O3S2. The lowest BCUT2D eigenvalue weighted by molar-refractivity contribution is -0.121. The van der Waals surface area contributed by atoms with E-state index in [1.165, 1.54) is 23.1 Å². The molecule has 4 rings (SSSR count). The summed E-state index contributed by atoms with van der Waals surface area (Å²) in [6, 6.07) is 16.8. The molecule has 2 aromatic carbocycles. The highest BCUT2D eigenvalue weighted by Crippen LogP contribution is 2.29. The molecule has 0 saturated carbocycles. The van der Waals surface area contributed by atoms with Crippen LogP contribution in [0.25, 0.3) is 0 Å². The maximum atomic E-state index is 12.5. The number of likely N-dealkylation sites (tertiary alicyclic amines) is 1. The minimum atomic E-state index is -0.476. The SMILES string of the molecule is O=C(CC1SC(N2CCCCC2)=NC1=O)Nc1ccc(C(=O)NCCSc2ccccc2)cc1. The van der Waals surface area contributed by atoms with Gasteiger partial charge in [0.1, 0.15) is 5.25 Å². The van der Waals surface area contributed by atoms with Crippen LogP contribution in [-0.4, -0.2) is 58.4 Å². The van der Waals surface area contributed by atoms with Crippen molar-refractivity contribution in [2.75, 3.05) is 30.7 Å². The molecule has 7 nitrogen and oxygen atoms in total. The Morgan fingerprint density at radius 2 is 1.76 bits per heavy atom. The molecule has 0 radical (unpaired) electrons. The molecule has 1 unspecified atom stereocenters. The molecule has 2 N–H and O–H groups in total. The fraction of sp³-hybridized carbons (Fsp3) is 0.360. The first-order valence-electron chi connectivity index (χ1n) is 11.5. The number of rotatable bonds is 8. The third-order valence-corrected chi connectivity index (χ3v) is 7.78. The average molecular weight is 497 g/mol. The largest absolute Gasteiger partial charge is 0.351 e. The summed E-state index contributed by atoms with van der Waals surface area (Å²) in [6.45, 7) is 2.40. The second-order valence-corrected chi connectivity index (χ2v) is 10.5. The van der Waals surface area contributed by atoms with E-state index < -0.39 is 5.25 Å². The van der Waals surface area contributed by atoms with E-state index >= 15 is 0 Å². The Bertz CT molecular complexity index is 1040. The molecule has 0 aliphatic carbocycles. The van der Waals surface area contributed by atoms with Crippen LogP contribution >= 0.6 is 23.5 Å². The van der Waals surface area contributed by atoms with E-state index in [1.807, 2.05) is 30.3 Å². The highest BCUT2D eigenvalue weighted by molar-refractivity contribution is 8.15. The molecule has 1 fully saturated rings. The summed E-state index contributed by atoms with van der Waals surface area (Å²) in [6.07, 6.45) is 3.51. The number of carbonyl (C=O) groups is 3. The van der Waals surface area contributed by atoms with E-state index in [2.05, 4.69) is 20.5 Å². The van der Waals surface area contributed by atoms with Gasteiger partial charge in [0.15, 0.2) is 5.17 Å². The van der Waals surface area contributed by atoms with Gasteiger partial charge in [0.25, 0.3) is 11.8 Å². The number of nitrogens with zero attached hydrogens (tertiary/aromatic N) is 2. The third kappa shape index (κ3) is 6.87. The summed E-state index contributed by atoms with van der Waals surface area (Å²) in [4.78, 5) is 44.6. The van der Waals surface area contributed by atoms with Crippen LogP contribution in [0.4, 0.5) is 5.69 Å². The van der Waals surface area contributed by atoms with Crippen LogP contribution in [0.1, 0.15) is 36.0 Å². The molecule has 1 atom stereocenters. The van der Waals surface area contributed by atoms with Crippen molar-refractivity contribution in [3.63, 3.8) is 0 Å². The van der Waals surface area contributed by atoms with Gasteiger partial charge in [-0.05, 0) is 55.7 Å². The zero-order valence-corrected chi connectivity index (χ0v) is 20.5. The number of benzene rings is 2. The Kier molecular flexibility index (Phi) is 8.65. The average Bonchev–Trinajstić information content (AvgIpc) is 3.23. The van der Waals surface area contributed by atoms with Gasteiger partial charge < -0.3 is 15.5 Å². The molecule has 9 heteroatoms. The van der Waals surface area contributed by atoms with Gasteiger partial charge in [0.05, 0.1) is 0 Å². The Hall–Kier alpha value is -2.78. The molecule has 0 bridgehead atoms. The van der Waals surface area contributed by atoms with E-state index in [0.717, 1.165) is 36.9 Å². The monoisotopic (exact) mass is 496 g/mol. The van der Waals surface area contributed by atoms with Crippen molar-refractivity contribution < 1.29 is 14.4 Å². The number of aliphatic imine (C=N–C) groups is 1. The van der Waals surface area contributed by atoms with Crippen LogP contribution in [-0.2, 0) is 9.59 Å². The lowest BCUT2D eigenvalue weighted by Crippen LogP contribution is -2.33. The van der Waals surface area contributed by atoms with Crippen molar-refractivity contribution in [1.82, 2.24) is 10.2 Å².